The van der Waals surface area contributed by atoms with Gasteiger partial charge in [-0.1, -0.05) is 23.7 Å². The first-order valence-corrected chi connectivity index (χ1v) is 6.92. The molecule has 1 aromatic rings. The average Bonchev–Trinajstić information content (AvgIpc) is 2.65. The molecule has 1 N–H and O–H groups in total. The molecule has 6 nitrogen and oxygen atoms in total. The monoisotopic (exact) mass is 309 g/mol. The van der Waals surface area contributed by atoms with E-state index < -0.39 is 6.03 Å². The first-order chi connectivity index (χ1) is 9.97. The Bertz CT molecular complexity index is 576. The zero-order chi connectivity index (χ0) is 15.4. The van der Waals surface area contributed by atoms with E-state index in [2.05, 4.69) is 5.32 Å². The number of likely N-dealkylation sites (N-methyl/N-ethyl adjacent to an activating group) is 1. The lowest BCUT2D eigenvalue weighted by Crippen LogP contribution is -2.41. The van der Waals surface area contributed by atoms with Crippen molar-refractivity contribution in [3.8, 4) is 0 Å². The van der Waals surface area contributed by atoms with Crippen molar-refractivity contribution in [2.45, 2.75) is 6.42 Å². The van der Waals surface area contributed by atoms with E-state index in [1.54, 1.807) is 6.07 Å². The number of carbonyl (C=O) groups is 3. The quantitative estimate of drug-likeness (QED) is 0.821. The fourth-order valence-electron chi connectivity index (χ4n) is 2.06. The molecule has 2 rings (SSSR count). The van der Waals surface area contributed by atoms with Crippen molar-refractivity contribution in [2.75, 3.05) is 26.7 Å². The molecule has 0 radical (unpaired) electrons. The summed E-state index contributed by atoms with van der Waals surface area (Å²) >= 11 is 5.87. The third-order valence-corrected chi connectivity index (χ3v) is 3.39. The summed E-state index contributed by atoms with van der Waals surface area (Å²) in [5.74, 6) is -0.707. The molecule has 0 atom stereocenters. The van der Waals surface area contributed by atoms with E-state index in [1.807, 2.05) is 18.2 Å². The molecule has 0 aliphatic carbocycles. The number of nitrogens with zero attached hydrogens (tertiary/aromatic N) is 2. The van der Waals surface area contributed by atoms with Gasteiger partial charge in [-0.2, -0.15) is 0 Å². The Morgan fingerprint density at radius 2 is 2.14 bits per heavy atom. The van der Waals surface area contributed by atoms with Gasteiger partial charge in [0.2, 0.25) is 5.91 Å². The Hall–Kier alpha value is -2.08. The fourth-order valence-corrected chi connectivity index (χ4v) is 2.28. The number of rotatable bonds is 5. The summed E-state index contributed by atoms with van der Waals surface area (Å²) in [6.45, 7) is 0.206. The second-order valence-electron chi connectivity index (χ2n) is 4.85. The highest BCUT2D eigenvalue weighted by Gasteiger charge is 2.34. The van der Waals surface area contributed by atoms with Crippen LogP contribution in [0.1, 0.15) is 5.56 Å². The maximum atomic E-state index is 11.8. The molecular weight excluding hydrogens is 294 g/mol. The highest BCUT2D eigenvalue weighted by atomic mass is 35.5. The Kier molecular flexibility index (Phi) is 4.80. The van der Waals surface area contributed by atoms with Gasteiger partial charge < -0.3 is 10.2 Å². The first-order valence-electron chi connectivity index (χ1n) is 6.54. The molecule has 1 aliphatic heterocycles. The summed E-state index contributed by atoms with van der Waals surface area (Å²) in [6.07, 6.45) is 0.633. The van der Waals surface area contributed by atoms with Gasteiger partial charge in [0.1, 0.15) is 13.1 Å². The van der Waals surface area contributed by atoms with E-state index in [0.717, 1.165) is 10.5 Å². The molecule has 0 bridgehead atoms. The Morgan fingerprint density at radius 3 is 2.76 bits per heavy atom. The van der Waals surface area contributed by atoms with Crippen molar-refractivity contribution >= 4 is 29.4 Å². The number of amides is 4. The summed E-state index contributed by atoms with van der Waals surface area (Å²) in [4.78, 5) is 37.1. The van der Waals surface area contributed by atoms with E-state index in [4.69, 9.17) is 11.6 Å². The number of nitrogens with one attached hydrogen (secondary N) is 1. The normalized spacial score (nSPS) is 14.8. The largest absolute Gasteiger partial charge is 0.354 e. The molecule has 4 amide bonds. The third kappa shape index (κ3) is 3.95. The van der Waals surface area contributed by atoms with Gasteiger partial charge >= 0.3 is 6.03 Å². The van der Waals surface area contributed by atoms with Crippen LogP contribution in [0.3, 0.4) is 0 Å². The second kappa shape index (κ2) is 6.58. The van der Waals surface area contributed by atoms with Gasteiger partial charge in [-0.3, -0.25) is 14.5 Å². The molecule has 21 heavy (non-hydrogen) atoms. The summed E-state index contributed by atoms with van der Waals surface area (Å²) in [7, 11) is 1.53. The van der Waals surface area contributed by atoms with E-state index in [1.165, 1.54) is 11.9 Å². The third-order valence-electron chi connectivity index (χ3n) is 3.16. The molecule has 0 spiro atoms. The lowest BCUT2D eigenvalue weighted by atomic mass is 10.1. The number of carbonyl (C=O) groups excluding carboxylic acids is 3. The molecule has 0 saturated carbocycles. The van der Waals surface area contributed by atoms with Crippen LogP contribution in [-0.2, 0) is 16.0 Å². The minimum atomic E-state index is -0.440. The molecule has 1 fully saturated rings. The SMILES string of the molecule is CN1CC(=O)N(CC(=O)NCCc2cccc(Cl)c2)C1=O. The molecule has 1 aromatic carbocycles. The lowest BCUT2D eigenvalue weighted by Gasteiger charge is -2.13. The van der Waals surface area contributed by atoms with E-state index in [0.29, 0.717) is 18.0 Å². The molecule has 0 unspecified atom stereocenters. The Balaban J connectivity index is 1.78. The summed E-state index contributed by atoms with van der Waals surface area (Å²) < 4.78 is 0. The van der Waals surface area contributed by atoms with Gasteiger partial charge in [-0.15, -0.1) is 0 Å². The minimum Gasteiger partial charge on any atom is -0.354 e. The molecule has 7 heteroatoms. The van der Waals surface area contributed by atoms with Crippen LogP contribution in [0.5, 0.6) is 0 Å². The fraction of sp³-hybridized carbons (Fsp3) is 0.357. The van der Waals surface area contributed by atoms with Gasteiger partial charge in [0.15, 0.2) is 0 Å². The highest BCUT2D eigenvalue weighted by Crippen LogP contribution is 2.10. The van der Waals surface area contributed by atoms with Gasteiger partial charge in [-0.05, 0) is 24.1 Å². The van der Waals surface area contributed by atoms with E-state index in [9.17, 15) is 14.4 Å². The van der Waals surface area contributed by atoms with Gasteiger partial charge in [-0.25, -0.2) is 4.79 Å². The van der Waals surface area contributed by atoms with Crippen molar-refractivity contribution in [1.29, 1.82) is 0 Å². The van der Waals surface area contributed by atoms with Gasteiger partial charge in [0.05, 0.1) is 0 Å². The minimum absolute atomic E-state index is 0.0224. The number of hydrogen-bond donors (Lipinski definition) is 1. The van der Waals surface area contributed by atoms with Crippen LogP contribution in [0.25, 0.3) is 0 Å². The standard InChI is InChI=1S/C14H16ClN3O3/c1-17-9-13(20)18(14(17)21)8-12(19)16-6-5-10-3-2-4-11(15)7-10/h2-4,7H,5-6,8-9H2,1H3,(H,16,19). The van der Waals surface area contributed by atoms with Crippen LogP contribution in [-0.4, -0.2) is 54.3 Å². The molecule has 0 aromatic heterocycles. The van der Waals surface area contributed by atoms with Crippen molar-refractivity contribution in [1.82, 2.24) is 15.1 Å². The summed E-state index contributed by atoms with van der Waals surface area (Å²) in [5.41, 5.74) is 1.01. The predicted octanol–water partition coefficient (Wildman–Crippen LogP) is 0.893. The second-order valence-corrected chi connectivity index (χ2v) is 5.28. The zero-order valence-electron chi connectivity index (χ0n) is 11.6. The van der Waals surface area contributed by atoms with Crippen LogP contribution >= 0.6 is 11.6 Å². The number of urea groups is 1. The maximum absolute atomic E-state index is 11.8. The Morgan fingerprint density at radius 1 is 1.38 bits per heavy atom. The van der Waals surface area contributed by atoms with E-state index in [-0.39, 0.29) is 24.9 Å². The van der Waals surface area contributed by atoms with Crippen molar-refractivity contribution in [3.63, 3.8) is 0 Å². The predicted molar refractivity (Wildman–Crippen MR) is 77.9 cm³/mol. The number of hydrogen-bond acceptors (Lipinski definition) is 3. The molecule has 1 aliphatic rings. The number of imide groups is 1. The zero-order valence-corrected chi connectivity index (χ0v) is 12.4. The number of halogens is 1. The number of benzene rings is 1. The lowest BCUT2D eigenvalue weighted by molar-refractivity contribution is -0.130. The topological polar surface area (TPSA) is 69.7 Å². The van der Waals surface area contributed by atoms with Gasteiger partial charge in [0.25, 0.3) is 5.91 Å². The van der Waals surface area contributed by atoms with Crippen molar-refractivity contribution in [3.05, 3.63) is 34.9 Å². The van der Waals surface area contributed by atoms with Crippen LogP contribution in [0.2, 0.25) is 5.02 Å². The van der Waals surface area contributed by atoms with Gasteiger partial charge in [0, 0.05) is 18.6 Å². The van der Waals surface area contributed by atoms with Crippen molar-refractivity contribution < 1.29 is 14.4 Å². The first kappa shape index (κ1) is 15.3. The van der Waals surface area contributed by atoms with Crippen LogP contribution in [0.4, 0.5) is 4.79 Å². The Labute approximate surface area is 127 Å². The highest BCUT2D eigenvalue weighted by molar-refractivity contribution is 6.30. The summed E-state index contributed by atoms with van der Waals surface area (Å²) in [6, 6.07) is 6.93. The average molecular weight is 310 g/mol. The summed E-state index contributed by atoms with van der Waals surface area (Å²) in [5, 5.41) is 3.34. The van der Waals surface area contributed by atoms with Crippen molar-refractivity contribution in [2.24, 2.45) is 0 Å². The smallest absolute Gasteiger partial charge is 0.327 e. The molecular formula is C14H16ClN3O3. The van der Waals surface area contributed by atoms with Crippen LogP contribution in [0, 0.1) is 0 Å². The molecule has 1 saturated heterocycles. The molecule has 112 valence electrons. The van der Waals surface area contributed by atoms with Crippen LogP contribution < -0.4 is 5.32 Å². The maximum Gasteiger partial charge on any atom is 0.327 e. The van der Waals surface area contributed by atoms with E-state index >= 15 is 0 Å². The molecule has 1 heterocycles. The van der Waals surface area contributed by atoms with Crippen LogP contribution in [0.15, 0.2) is 24.3 Å².